The summed E-state index contributed by atoms with van der Waals surface area (Å²) in [4.78, 5) is 27.7. The molecule has 0 fully saturated rings. The van der Waals surface area contributed by atoms with Crippen molar-refractivity contribution >= 4 is 17.5 Å². The second-order valence-corrected chi connectivity index (χ2v) is 6.20. The van der Waals surface area contributed by atoms with E-state index in [4.69, 9.17) is 0 Å². The van der Waals surface area contributed by atoms with Gasteiger partial charge in [0, 0.05) is 30.5 Å². The molecule has 0 saturated carbocycles. The number of hydrogen-bond acceptors (Lipinski definition) is 3. The summed E-state index contributed by atoms with van der Waals surface area (Å²) < 4.78 is 0. The first kappa shape index (κ1) is 18.6. The van der Waals surface area contributed by atoms with Crippen molar-refractivity contribution in [2.24, 2.45) is 0 Å². The molecular weight excluding hydrogens is 314 g/mol. The van der Waals surface area contributed by atoms with Crippen molar-refractivity contribution in [3.63, 3.8) is 0 Å². The van der Waals surface area contributed by atoms with Crippen molar-refractivity contribution in [1.29, 1.82) is 0 Å². The van der Waals surface area contributed by atoms with Crippen LogP contribution in [-0.2, 0) is 22.4 Å². The lowest BCUT2D eigenvalue weighted by Gasteiger charge is -2.14. The maximum atomic E-state index is 12.2. The van der Waals surface area contributed by atoms with Gasteiger partial charge in [-0.15, -0.1) is 0 Å². The predicted molar refractivity (Wildman–Crippen MR) is 99.2 cm³/mol. The third-order valence-corrected chi connectivity index (χ3v) is 3.78. The van der Waals surface area contributed by atoms with Crippen LogP contribution in [0.1, 0.15) is 37.8 Å². The van der Waals surface area contributed by atoms with Crippen LogP contribution in [0, 0.1) is 0 Å². The van der Waals surface area contributed by atoms with Crippen molar-refractivity contribution in [2.45, 2.75) is 45.6 Å². The van der Waals surface area contributed by atoms with Crippen LogP contribution in [0.2, 0.25) is 0 Å². The van der Waals surface area contributed by atoms with E-state index in [9.17, 15) is 9.59 Å². The number of hydrogen-bond donors (Lipinski definition) is 2. The Morgan fingerprint density at radius 1 is 1.00 bits per heavy atom. The van der Waals surface area contributed by atoms with Crippen LogP contribution in [-0.4, -0.2) is 22.8 Å². The minimum atomic E-state index is -0.00988. The van der Waals surface area contributed by atoms with Gasteiger partial charge in [0.25, 0.3) is 0 Å². The molecule has 0 bridgehead atoms. The number of carbonyl (C=O) groups excluding carboxylic acids is 2. The first-order valence-corrected chi connectivity index (χ1v) is 8.64. The molecule has 2 N–H and O–H groups in total. The van der Waals surface area contributed by atoms with E-state index in [-0.39, 0.29) is 17.9 Å². The molecule has 5 heteroatoms. The number of nitrogens with zero attached hydrogens (tertiary/aromatic N) is 1. The van der Waals surface area contributed by atoms with Gasteiger partial charge in [-0.1, -0.05) is 19.1 Å². The molecule has 0 aliphatic carbocycles. The highest BCUT2D eigenvalue weighted by molar-refractivity contribution is 5.90. The van der Waals surface area contributed by atoms with Gasteiger partial charge in [0.05, 0.1) is 6.42 Å². The Morgan fingerprint density at radius 3 is 2.32 bits per heavy atom. The largest absolute Gasteiger partial charge is 0.353 e. The molecule has 2 amide bonds. The summed E-state index contributed by atoms with van der Waals surface area (Å²) in [7, 11) is 0. The smallest absolute Gasteiger partial charge is 0.224 e. The fourth-order valence-corrected chi connectivity index (χ4v) is 2.59. The van der Waals surface area contributed by atoms with Crippen LogP contribution in [0.5, 0.6) is 0 Å². The highest BCUT2D eigenvalue weighted by atomic mass is 16.2. The molecule has 2 aromatic rings. The Kier molecular flexibility index (Phi) is 7.14. The second-order valence-electron chi connectivity index (χ2n) is 6.20. The molecule has 0 aliphatic heterocycles. The Bertz CT molecular complexity index is 684. The monoisotopic (exact) mass is 339 g/mol. The number of pyridine rings is 1. The maximum Gasteiger partial charge on any atom is 0.224 e. The molecule has 1 heterocycles. The van der Waals surface area contributed by atoms with E-state index in [1.54, 1.807) is 12.4 Å². The maximum absolute atomic E-state index is 12.2. The molecule has 2 rings (SSSR count). The fraction of sp³-hybridized carbons (Fsp3) is 0.350. The van der Waals surface area contributed by atoms with Crippen LogP contribution in [0.15, 0.2) is 48.8 Å². The van der Waals surface area contributed by atoms with Gasteiger partial charge < -0.3 is 10.6 Å². The second kappa shape index (κ2) is 9.57. The van der Waals surface area contributed by atoms with E-state index in [2.05, 4.69) is 15.6 Å². The van der Waals surface area contributed by atoms with Gasteiger partial charge >= 0.3 is 0 Å². The van der Waals surface area contributed by atoms with Crippen LogP contribution in [0.3, 0.4) is 0 Å². The van der Waals surface area contributed by atoms with Gasteiger partial charge in [-0.05, 0) is 55.2 Å². The number of rotatable bonds is 8. The van der Waals surface area contributed by atoms with Gasteiger partial charge in [0.2, 0.25) is 11.8 Å². The Morgan fingerprint density at radius 2 is 1.68 bits per heavy atom. The highest BCUT2D eigenvalue weighted by Crippen LogP contribution is 2.11. The predicted octanol–water partition coefficient (Wildman–Crippen LogP) is 3.11. The van der Waals surface area contributed by atoms with Crippen molar-refractivity contribution < 1.29 is 9.59 Å². The van der Waals surface area contributed by atoms with Crippen molar-refractivity contribution in [3.05, 3.63) is 59.9 Å². The van der Waals surface area contributed by atoms with E-state index >= 15 is 0 Å². The summed E-state index contributed by atoms with van der Waals surface area (Å²) in [6, 6.07) is 11.4. The van der Waals surface area contributed by atoms with Crippen molar-refractivity contribution in [2.75, 3.05) is 5.32 Å². The molecule has 1 atom stereocenters. The lowest BCUT2D eigenvalue weighted by atomic mass is 10.1. The molecule has 25 heavy (non-hydrogen) atoms. The molecule has 1 aromatic carbocycles. The summed E-state index contributed by atoms with van der Waals surface area (Å²) in [5, 5.41) is 5.85. The topological polar surface area (TPSA) is 71.1 Å². The van der Waals surface area contributed by atoms with Crippen LogP contribution in [0.25, 0.3) is 0 Å². The van der Waals surface area contributed by atoms with Gasteiger partial charge in [-0.25, -0.2) is 0 Å². The molecule has 132 valence electrons. The number of anilines is 1. The van der Waals surface area contributed by atoms with Crippen molar-refractivity contribution in [1.82, 2.24) is 10.3 Å². The summed E-state index contributed by atoms with van der Waals surface area (Å²) in [5.41, 5.74) is 2.82. The van der Waals surface area contributed by atoms with Gasteiger partial charge in [0.15, 0.2) is 0 Å². The van der Waals surface area contributed by atoms with Gasteiger partial charge in [-0.3, -0.25) is 14.6 Å². The Labute approximate surface area is 148 Å². The average molecular weight is 339 g/mol. The minimum absolute atomic E-state index is 0.00988. The molecular formula is C20H25N3O2. The molecule has 0 aliphatic rings. The molecule has 0 saturated heterocycles. The number of benzene rings is 1. The van der Waals surface area contributed by atoms with E-state index in [0.717, 1.165) is 29.7 Å². The zero-order valence-corrected chi connectivity index (χ0v) is 14.8. The van der Waals surface area contributed by atoms with Crippen LogP contribution >= 0.6 is 0 Å². The third-order valence-electron chi connectivity index (χ3n) is 3.78. The van der Waals surface area contributed by atoms with Crippen LogP contribution in [0.4, 0.5) is 5.69 Å². The SMILES string of the molecule is CCCC(=O)Nc1ccc(CC(=O)N[C@H](C)Cc2ccncc2)cc1. The summed E-state index contributed by atoms with van der Waals surface area (Å²) in [6.07, 6.45) is 5.94. The minimum Gasteiger partial charge on any atom is -0.353 e. The zero-order chi connectivity index (χ0) is 18.1. The van der Waals surface area contributed by atoms with E-state index in [1.165, 1.54) is 0 Å². The lowest BCUT2D eigenvalue weighted by molar-refractivity contribution is -0.121. The third kappa shape index (κ3) is 6.75. The van der Waals surface area contributed by atoms with E-state index in [0.29, 0.717) is 12.8 Å². The number of nitrogens with one attached hydrogen (secondary N) is 2. The first-order valence-electron chi connectivity index (χ1n) is 8.64. The zero-order valence-electron chi connectivity index (χ0n) is 14.8. The molecule has 0 spiro atoms. The summed E-state index contributed by atoms with van der Waals surface area (Å²) in [6.45, 7) is 3.96. The summed E-state index contributed by atoms with van der Waals surface area (Å²) in [5.74, 6) is 0.00209. The lowest BCUT2D eigenvalue weighted by Crippen LogP contribution is -2.35. The molecule has 0 radical (unpaired) electrons. The quantitative estimate of drug-likeness (QED) is 0.776. The first-order chi connectivity index (χ1) is 12.1. The Balaban J connectivity index is 1.80. The van der Waals surface area contributed by atoms with Gasteiger partial charge in [0.1, 0.15) is 0 Å². The molecule has 5 nitrogen and oxygen atoms in total. The van der Waals surface area contributed by atoms with Crippen LogP contribution < -0.4 is 10.6 Å². The van der Waals surface area contributed by atoms with Gasteiger partial charge in [-0.2, -0.15) is 0 Å². The van der Waals surface area contributed by atoms with E-state index in [1.807, 2.05) is 50.2 Å². The normalized spacial score (nSPS) is 11.6. The standard InChI is InChI=1S/C20H25N3O2/c1-3-4-19(24)23-18-7-5-16(6-8-18)14-20(25)22-15(2)13-17-9-11-21-12-10-17/h5-12,15H,3-4,13-14H2,1-2H3,(H,22,25)(H,23,24)/t15-/m1/s1. The Hall–Kier alpha value is -2.69. The molecule has 0 unspecified atom stereocenters. The number of amides is 2. The molecule has 1 aromatic heterocycles. The average Bonchev–Trinajstić information content (AvgIpc) is 2.57. The number of aromatic nitrogens is 1. The fourth-order valence-electron chi connectivity index (χ4n) is 2.59. The summed E-state index contributed by atoms with van der Waals surface area (Å²) >= 11 is 0. The van der Waals surface area contributed by atoms with Crippen molar-refractivity contribution in [3.8, 4) is 0 Å². The number of carbonyl (C=O) groups is 2. The highest BCUT2D eigenvalue weighted by Gasteiger charge is 2.09. The van der Waals surface area contributed by atoms with E-state index < -0.39 is 0 Å².